The maximum atomic E-state index is 13.4. The van der Waals surface area contributed by atoms with Gasteiger partial charge < -0.3 is 10.1 Å². The summed E-state index contributed by atoms with van der Waals surface area (Å²) >= 11 is 0. The summed E-state index contributed by atoms with van der Waals surface area (Å²) in [6.07, 6.45) is 1.48. The van der Waals surface area contributed by atoms with Crippen molar-refractivity contribution in [1.82, 2.24) is 10.3 Å². The minimum atomic E-state index is -3.96. The fraction of sp³-hybridized carbons (Fsp3) is 0.296. The van der Waals surface area contributed by atoms with Gasteiger partial charge in [0.1, 0.15) is 11.4 Å². The molecule has 0 aliphatic heterocycles. The standard InChI is InChI=1S/C27H30N2O5S/c1-27(2,26(31)29-18-24-15-9-10-16-28-24)35(32,33)20-23(22-13-7-4-8-14-22)17-25(30)34-19-21-11-5-3-6-12-21/h3-16,23H,17-20H2,1-2H3,(H,29,31). The molecule has 0 spiro atoms. The van der Waals surface area contributed by atoms with E-state index in [9.17, 15) is 18.0 Å². The Hall–Kier alpha value is -3.52. The van der Waals surface area contributed by atoms with Crippen molar-refractivity contribution < 1.29 is 22.7 Å². The molecule has 0 fully saturated rings. The number of ether oxygens (including phenoxy) is 1. The number of sulfone groups is 1. The Bertz CT molecular complexity index is 1210. The quantitative estimate of drug-likeness (QED) is 0.407. The zero-order valence-electron chi connectivity index (χ0n) is 19.9. The van der Waals surface area contributed by atoms with Crippen LogP contribution in [0.15, 0.2) is 85.1 Å². The third kappa shape index (κ3) is 7.23. The first-order valence-corrected chi connectivity index (χ1v) is 13.0. The lowest BCUT2D eigenvalue weighted by atomic mass is 9.98. The summed E-state index contributed by atoms with van der Waals surface area (Å²) in [6, 6.07) is 23.5. The van der Waals surface area contributed by atoms with Gasteiger partial charge in [0.2, 0.25) is 5.91 Å². The zero-order chi connectivity index (χ0) is 25.3. The van der Waals surface area contributed by atoms with Crippen LogP contribution in [0.25, 0.3) is 0 Å². The lowest BCUT2D eigenvalue weighted by Crippen LogP contribution is -2.49. The van der Waals surface area contributed by atoms with Gasteiger partial charge in [-0.25, -0.2) is 8.42 Å². The van der Waals surface area contributed by atoms with Crippen LogP contribution in [-0.4, -0.2) is 35.8 Å². The topological polar surface area (TPSA) is 102 Å². The summed E-state index contributed by atoms with van der Waals surface area (Å²) in [5.41, 5.74) is 2.16. The molecule has 0 aliphatic rings. The molecule has 3 rings (SSSR count). The first-order valence-electron chi connectivity index (χ1n) is 11.3. The second kappa shape index (κ2) is 11.8. The van der Waals surface area contributed by atoms with Crippen LogP contribution in [0, 0.1) is 0 Å². The Morgan fingerprint density at radius 3 is 2.20 bits per heavy atom. The smallest absolute Gasteiger partial charge is 0.306 e. The number of benzene rings is 2. The molecule has 0 aliphatic carbocycles. The largest absolute Gasteiger partial charge is 0.461 e. The van der Waals surface area contributed by atoms with Gasteiger partial charge in [0.15, 0.2) is 9.84 Å². The van der Waals surface area contributed by atoms with Crippen molar-refractivity contribution in [2.75, 3.05) is 5.75 Å². The molecule has 8 heteroatoms. The second-order valence-electron chi connectivity index (χ2n) is 8.75. The highest BCUT2D eigenvalue weighted by molar-refractivity contribution is 7.93. The van der Waals surface area contributed by atoms with Gasteiger partial charge >= 0.3 is 5.97 Å². The molecule has 0 saturated carbocycles. The number of hydrogen-bond acceptors (Lipinski definition) is 6. The molecule has 1 amide bonds. The van der Waals surface area contributed by atoms with Crippen LogP contribution in [0.2, 0.25) is 0 Å². The number of nitrogens with one attached hydrogen (secondary N) is 1. The Kier molecular flexibility index (Phi) is 8.76. The molecule has 3 aromatic rings. The average molecular weight is 495 g/mol. The summed E-state index contributed by atoms with van der Waals surface area (Å²) in [5, 5.41) is 2.67. The lowest BCUT2D eigenvalue weighted by Gasteiger charge is -2.26. The van der Waals surface area contributed by atoms with Gasteiger partial charge in [0.25, 0.3) is 0 Å². The molecule has 7 nitrogen and oxygen atoms in total. The molecule has 184 valence electrons. The molecular formula is C27H30N2O5S. The van der Waals surface area contributed by atoms with Gasteiger partial charge in [-0.15, -0.1) is 0 Å². The Labute approximate surface area is 206 Å². The van der Waals surface area contributed by atoms with E-state index in [2.05, 4.69) is 10.3 Å². The monoisotopic (exact) mass is 494 g/mol. The summed E-state index contributed by atoms with van der Waals surface area (Å²) in [5.74, 6) is -2.16. The van der Waals surface area contributed by atoms with E-state index in [1.54, 1.807) is 48.7 Å². The van der Waals surface area contributed by atoms with Crippen molar-refractivity contribution in [2.45, 2.75) is 44.1 Å². The number of hydrogen-bond donors (Lipinski definition) is 1. The average Bonchev–Trinajstić information content (AvgIpc) is 2.87. The fourth-order valence-electron chi connectivity index (χ4n) is 3.50. The van der Waals surface area contributed by atoms with Gasteiger partial charge in [0, 0.05) is 12.1 Å². The second-order valence-corrected chi connectivity index (χ2v) is 11.3. The highest BCUT2D eigenvalue weighted by atomic mass is 32.2. The Morgan fingerprint density at radius 2 is 1.57 bits per heavy atom. The van der Waals surface area contributed by atoms with Crippen molar-refractivity contribution in [2.24, 2.45) is 0 Å². The number of esters is 1. The van der Waals surface area contributed by atoms with Crippen LogP contribution in [0.4, 0.5) is 0 Å². The number of carbonyl (C=O) groups excluding carboxylic acids is 2. The van der Waals surface area contributed by atoms with Gasteiger partial charge in [-0.05, 0) is 37.1 Å². The molecule has 1 atom stereocenters. The molecule has 0 saturated heterocycles. The molecule has 0 radical (unpaired) electrons. The predicted octanol–water partition coefficient (Wildman–Crippen LogP) is 3.81. The fourth-order valence-corrected chi connectivity index (χ4v) is 5.11. The number of nitrogens with zero attached hydrogens (tertiary/aromatic N) is 1. The summed E-state index contributed by atoms with van der Waals surface area (Å²) in [6.45, 7) is 2.99. The van der Waals surface area contributed by atoms with Gasteiger partial charge in [-0.3, -0.25) is 14.6 Å². The van der Waals surface area contributed by atoms with E-state index in [1.165, 1.54) is 13.8 Å². The predicted molar refractivity (Wildman–Crippen MR) is 134 cm³/mol. The molecular weight excluding hydrogens is 464 g/mol. The number of carbonyl (C=O) groups is 2. The Morgan fingerprint density at radius 1 is 0.943 bits per heavy atom. The van der Waals surface area contributed by atoms with E-state index in [-0.39, 0.29) is 25.3 Å². The third-order valence-corrected chi connectivity index (χ3v) is 8.41. The molecule has 1 aromatic heterocycles. The molecule has 1 unspecified atom stereocenters. The van der Waals surface area contributed by atoms with E-state index in [1.807, 2.05) is 36.4 Å². The highest BCUT2D eigenvalue weighted by Crippen LogP contribution is 2.28. The molecule has 1 N–H and O–H groups in total. The molecule has 0 bridgehead atoms. The first kappa shape index (κ1) is 26.1. The summed E-state index contributed by atoms with van der Waals surface area (Å²) < 4.78 is 30.5. The zero-order valence-corrected chi connectivity index (χ0v) is 20.7. The van der Waals surface area contributed by atoms with E-state index >= 15 is 0 Å². The summed E-state index contributed by atoms with van der Waals surface area (Å²) in [7, 11) is -3.96. The number of amides is 1. The summed E-state index contributed by atoms with van der Waals surface area (Å²) in [4.78, 5) is 29.6. The van der Waals surface area contributed by atoms with E-state index in [0.717, 1.165) is 5.56 Å². The molecule has 2 aromatic carbocycles. The van der Waals surface area contributed by atoms with Crippen molar-refractivity contribution in [3.05, 3.63) is 102 Å². The third-order valence-electron chi connectivity index (χ3n) is 5.83. The number of aromatic nitrogens is 1. The highest BCUT2D eigenvalue weighted by Gasteiger charge is 2.43. The van der Waals surface area contributed by atoms with Crippen LogP contribution in [0.1, 0.15) is 43.0 Å². The van der Waals surface area contributed by atoms with Crippen molar-refractivity contribution in [3.63, 3.8) is 0 Å². The minimum absolute atomic E-state index is 0.107. The number of pyridine rings is 1. The lowest BCUT2D eigenvalue weighted by molar-refractivity contribution is -0.145. The minimum Gasteiger partial charge on any atom is -0.461 e. The SMILES string of the molecule is CC(C)(C(=O)NCc1ccccn1)S(=O)(=O)CC(CC(=O)OCc1ccccc1)c1ccccc1. The van der Waals surface area contributed by atoms with Crippen LogP contribution in [0.5, 0.6) is 0 Å². The molecule has 1 heterocycles. The van der Waals surface area contributed by atoms with E-state index in [4.69, 9.17) is 4.74 Å². The van der Waals surface area contributed by atoms with E-state index < -0.39 is 32.4 Å². The number of rotatable bonds is 11. The van der Waals surface area contributed by atoms with Gasteiger partial charge in [-0.1, -0.05) is 66.7 Å². The van der Waals surface area contributed by atoms with Crippen LogP contribution >= 0.6 is 0 Å². The van der Waals surface area contributed by atoms with Crippen LogP contribution in [-0.2, 0) is 37.3 Å². The van der Waals surface area contributed by atoms with Crippen LogP contribution in [0.3, 0.4) is 0 Å². The van der Waals surface area contributed by atoms with Crippen LogP contribution < -0.4 is 5.32 Å². The Balaban J connectivity index is 1.71. The van der Waals surface area contributed by atoms with Gasteiger partial charge in [0.05, 0.1) is 24.4 Å². The maximum absolute atomic E-state index is 13.4. The van der Waals surface area contributed by atoms with Gasteiger partial charge in [-0.2, -0.15) is 0 Å². The molecule has 35 heavy (non-hydrogen) atoms. The normalized spacial score (nSPS) is 12.5. The first-order chi connectivity index (χ1) is 16.7. The van der Waals surface area contributed by atoms with Crippen molar-refractivity contribution >= 4 is 21.7 Å². The van der Waals surface area contributed by atoms with Crippen molar-refractivity contribution in [1.29, 1.82) is 0 Å². The maximum Gasteiger partial charge on any atom is 0.306 e. The van der Waals surface area contributed by atoms with E-state index in [0.29, 0.717) is 11.3 Å². The van der Waals surface area contributed by atoms with Crippen molar-refractivity contribution in [3.8, 4) is 0 Å².